The number of carbonyl (C=O) groups is 1. The number of amides is 1. The van der Waals surface area contributed by atoms with Gasteiger partial charge in [0.15, 0.2) is 0 Å². The number of likely N-dealkylation sites (N-methyl/N-ethyl adjacent to an activating group) is 1. The van der Waals surface area contributed by atoms with E-state index in [-0.39, 0.29) is 5.91 Å². The molecule has 0 spiro atoms. The molecule has 15 heavy (non-hydrogen) atoms. The van der Waals surface area contributed by atoms with Crippen LogP contribution in [-0.2, 0) is 11.2 Å². The fourth-order valence-corrected chi connectivity index (χ4v) is 1.10. The van der Waals surface area contributed by atoms with Gasteiger partial charge >= 0.3 is 0 Å². The molecule has 0 saturated carbocycles. The van der Waals surface area contributed by atoms with Crippen LogP contribution in [-0.4, -0.2) is 13.0 Å². The van der Waals surface area contributed by atoms with Crippen LogP contribution in [0.25, 0.3) is 0 Å². The topological polar surface area (TPSA) is 29.1 Å². The van der Waals surface area contributed by atoms with Crippen molar-refractivity contribution in [1.29, 1.82) is 0 Å². The maximum Gasteiger partial charge on any atom is 0.224 e. The lowest BCUT2D eigenvalue weighted by Gasteiger charge is -1.99. The van der Waals surface area contributed by atoms with Crippen LogP contribution < -0.4 is 10.6 Å². The second kappa shape index (κ2) is 8.43. The normalized spacial score (nSPS) is 8.80. The second-order valence-electron chi connectivity index (χ2n) is 3.30. The highest BCUT2D eigenvalue weighted by Crippen LogP contribution is 1.99. The van der Waals surface area contributed by atoms with Gasteiger partial charge in [0.2, 0.25) is 5.91 Å². The number of hydrogen-bond donors (Lipinski definition) is 1. The molecule has 1 aromatic rings. The van der Waals surface area contributed by atoms with E-state index < -0.39 is 0 Å². The van der Waals surface area contributed by atoms with E-state index in [9.17, 15) is 4.79 Å². The Morgan fingerprint density at radius 3 is 2.13 bits per heavy atom. The molecule has 1 amide bonds. The maximum atomic E-state index is 10.9. The molecule has 84 valence electrons. The van der Waals surface area contributed by atoms with Crippen molar-refractivity contribution >= 4 is 20.5 Å². The van der Waals surface area contributed by atoms with Crippen LogP contribution in [0, 0.1) is 0 Å². The highest BCUT2D eigenvalue weighted by atomic mass is 31.0. The van der Waals surface area contributed by atoms with E-state index in [1.54, 1.807) is 7.05 Å². The van der Waals surface area contributed by atoms with Crippen molar-refractivity contribution in [3.05, 3.63) is 29.8 Å². The minimum Gasteiger partial charge on any atom is -0.359 e. The first-order chi connectivity index (χ1) is 7.13. The SMILES string of the molecule is CCC.CNC(=O)Cc1ccc(P)cc1. The second-order valence-corrected chi connectivity index (χ2v) is 3.97. The summed E-state index contributed by atoms with van der Waals surface area (Å²) in [5.41, 5.74) is 1.04. The first-order valence-electron chi connectivity index (χ1n) is 5.19. The van der Waals surface area contributed by atoms with Gasteiger partial charge in [0.1, 0.15) is 0 Å². The van der Waals surface area contributed by atoms with Gasteiger partial charge < -0.3 is 5.32 Å². The summed E-state index contributed by atoms with van der Waals surface area (Å²) in [4.78, 5) is 10.9. The summed E-state index contributed by atoms with van der Waals surface area (Å²) < 4.78 is 0. The third kappa shape index (κ3) is 7.10. The van der Waals surface area contributed by atoms with E-state index in [0.717, 1.165) is 10.9 Å². The Morgan fingerprint density at radius 1 is 1.27 bits per heavy atom. The van der Waals surface area contributed by atoms with E-state index in [0.29, 0.717) is 6.42 Å². The van der Waals surface area contributed by atoms with Gasteiger partial charge in [-0.05, 0) is 10.9 Å². The zero-order valence-corrected chi connectivity index (χ0v) is 10.9. The Kier molecular flexibility index (Phi) is 7.94. The summed E-state index contributed by atoms with van der Waals surface area (Å²) in [5, 5.41) is 3.72. The molecule has 0 saturated heterocycles. The summed E-state index contributed by atoms with van der Waals surface area (Å²) >= 11 is 0. The first-order valence-corrected chi connectivity index (χ1v) is 5.76. The van der Waals surface area contributed by atoms with Gasteiger partial charge in [-0.1, -0.05) is 44.5 Å². The van der Waals surface area contributed by atoms with E-state index in [2.05, 4.69) is 28.4 Å². The zero-order chi connectivity index (χ0) is 11.7. The van der Waals surface area contributed by atoms with Crippen LogP contribution in [0.5, 0.6) is 0 Å². The van der Waals surface area contributed by atoms with Crippen molar-refractivity contribution < 1.29 is 4.79 Å². The van der Waals surface area contributed by atoms with Crippen LogP contribution in [0.3, 0.4) is 0 Å². The van der Waals surface area contributed by atoms with Gasteiger partial charge in [0, 0.05) is 7.05 Å². The predicted molar refractivity (Wildman–Crippen MR) is 69.5 cm³/mol. The van der Waals surface area contributed by atoms with Gasteiger partial charge in [-0.25, -0.2) is 0 Å². The lowest BCUT2D eigenvalue weighted by Crippen LogP contribution is -2.19. The number of rotatable bonds is 2. The van der Waals surface area contributed by atoms with Crippen LogP contribution in [0.1, 0.15) is 25.8 Å². The molecule has 0 aliphatic rings. The standard InChI is InChI=1S/C9H12NOP.C3H8/c1-10-9(11)6-7-2-4-8(12)5-3-7;1-3-2/h2-5H,6,12H2,1H3,(H,10,11);3H2,1-2H3. The molecule has 1 atom stereocenters. The first kappa shape index (κ1) is 14.1. The fraction of sp³-hybridized carbons (Fsp3) is 0.417. The highest BCUT2D eigenvalue weighted by molar-refractivity contribution is 7.27. The summed E-state index contributed by atoms with van der Waals surface area (Å²) in [7, 11) is 4.25. The highest BCUT2D eigenvalue weighted by Gasteiger charge is 1.98. The summed E-state index contributed by atoms with van der Waals surface area (Å²) in [6.45, 7) is 4.25. The minimum atomic E-state index is 0.0477. The van der Waals surface area contributed by atoms with Crippen molar-refractivity contribution in [3.63, 3.8) is 0 Å². The largest absolute Gasteiger partial charge is 0.359 e. The van der Waals surface area contributed by atoms with E-state index in [1.807, 2.05) is 24.3 Å². The average Bonchev–Trinajstić information content (AvgIpc) is 2.22. The molecule has 0 aromatic heterocycles. The number of carbonyl (C=O) groups excluding carboxylic acids is 1. The quantitative estimate of drug-likeness (QED) is 0.765. The van der Waals surface area contributed by atoms with Gasteiger partial charge in [0.05, 0.1) is 6.42 Å². The van der Waals surface area contributed by atoms with Crippen LogP contribution in [0.4, 0.5) is 0 Å². The average molecular weight is 225 g/mol. The molecule has 1 rings (SSSR count). The molecule has 2 nitrogen and oxygen atoms in total. The predicted octanol–water partition coefficient (Wildman–Crippen LogP) is 1.89. The van der Waals surface area contributed by atoms with Crippen LogP contribution in [0.2, 0.25) is 0 Å². The summed E-state index contributed by atoms with van der Waals surface area (Å²) in [6, 6.07) is 7.86. The molecule has 3 heteroatoms. The van der Waals surface area contributed by atoms with Crippen molar-refractivity contribution in [2.24, 2.45) is 0 Å². The maximum absolute atomic E-state index is 10.9. The molecular weight excluding hydrogens is 205 g/mol. The Balaban J connectivity index is 0.000000583. The number of hydrogen-bond acceptors (Lipinski definition) is 1. The molecule has 1 unspecified atom stereocenters. The van der Waals surface area contributed by atoms with Crippen molar-refractivity contribution in [2.75, 3.05) is 7.05 Å². The Hall–Kier alpha value is -0.880. The van der Waals surface area contributed by atoms with Gasteiger partial charge in [-0.3, -0.25) is 4.79 Å². The van der Waals surface area contributed by atoms with Crippen molar-refractivity contribution in [3.8, 4) is 0 Å². The lowest BCUT2D eigenvalue weighted by atomic mass is 10.1. The van der Waals surface area contributed by atoms with Crippen molar-refractivity contribution in [2.45, 2.75) is 26.7 Å². The van der Waals surface area contributed by atoms with E-state index in [4.69, 9.17) is 0 Å². The van der Waals surface area contributed by atoms with Gasteiger partial charge in [-0.15, -0.1) is 9.24 Å². The third-order valence-electron chi connectivity index (χ3n) is 1.62. The molecule has 0 heterocycles. The number of nitrogens with one attached hydrogen (secondary N) is 1. The van der Waals surface area contributed by atoms with Crippen LogP contribution >= 0.6 is 9.24 Å². The molecule has 0 fully saturated rings. The number of benzene rings is 1. The molecule has 1 N–H and O–H groups in total. The third-order valence-corrected chi connectivity index (χ3v) is 2.01. The van der Waals surface area contributed by atoms with Crippen LogP contribution in [0.15, 0.2) is 24.3 Å². The van der Waals surface area contributed by atoms with Crippen molar-refractivity contribution in [1.82, 2.24) is 5.32 Å². The fourth-order valence-electron chi connectivity index (χ4n) is 0.909. The minimum absolute atomic E-state index is 0.0477. The zero-order valence-electron chi connectivity index (χ0n) is 9.71. The lowest BCUT2D eigenvalue weighted by molar-refractivity contribution is -0.119. The van der Waals surface area contributed by atoms with E-state index >= 15 is 0 Å². The Morgan fingerprint density at radius 2 is 1.73 bits per heavy atom. The Labute approximate surface area is 94.7 Å². The molecular formula is C12H20NOP. The molecule has 1 aromatic carbocycles. The molecule has 0 aliphatic heterocycles. The van der Waals surface area contributed by atoms with E-state index in [1.165, 1.54) is 6.42 Å². The molecule has 0 aliphatic carbocycles. The molecule has 0 bridgehead atoms. The summed E-state index contributed by atoms with van der Waals surface area (Å²) in [5.74, 6) is 0.0477. The smallest absolute Gasteiger partial charge is 0.224 e. The summed E-state index contributed by atoms with van der Waals surface area (Å²) in [6.07, 6.45) is 1.71. The monoisotopic (exact) mass is 225 g/mol. The van der Waals surface area contributed by atoms with Gasteiger partial charge in [0.25, 0.3) is 0 Å². The Bertz CT molecular complexity index is 282. The molecule has 0 radical (unpaired) electrons. The van der Waals surface area contributed by atoms with Gasteiger partial charge in [-0.2, -0.15) is 0 Å².